The van der Waals surface area contributed by atoms with E-state index in [1.165, 1.54) is 34.9 Å². The number of anilines is 1. The molecule has 11 heteroatoms. The number of piperidine rings is 1. The molecule has 2 N–H and O–H groups in total. The number of carbonyl (C=O) groups excluding carboxylic acids is 2. The Morgan fingerprint density at radius 3 is 2.47 bits per heavy atom. The molecule has 2 heterocycles. The van der Waals surface area contributed by atoms with Crippen LogP contribution in [0.5, 0.6) is 5.75 Å². The molecular formula is C19H24N4O5S2. The minimum absolute atomic E-state index is 0.193. The summed E-state index contributed by atoms with van der Waals surface area (Å²) in [6.45, 7) is 2.09. The first-order valence-corrected chi connectivity index (χ1v) is 11.8. The van der Waals surface area contributed by atoms with E-state index in [1.807, 2.05) is 0 Å². The number of ether oxygens (including phenoxy) is 1. The molecule has 0 spiro atoms. The normalized spacial score (nSPS) is 16.6. The van der Waals surface area contributed by atoms with Gasteiger partial charge in [-0.25, -0.2) is 13.4 Å². The number of methoxy groups -OCH3 is 1. The second kappa shape index (κ2) is 9.54. The Bertz CT molecular complexity index is 969. The summed E-state index contributed by atoms with van der Waals surface area (Å²) in [5, 5.41) is 7.56. The molecule has 1 saturated heterocycles. The first-order chi connectivity index (χ1) is 14.3. The van der Waals surface area contributed by atoms with Crippen molar-refractivity contribution in [3.63, 3.8) is 0 Å². The highest BCUT2D eigenvalue weighted by atomic mass is 32.2. The Labute approximate surface area is 179 Å². The fraction of sp³-hybridized carbons (Fsp3) is 0.421. The minimum Gasteiger partial charge on any atom is -0.497 e. The molecule has 2 aromatic rings. The summed E-state index contributed by atoms with van der Waals surface area (Å²) in [6.07, 6.45) is 2.36. The van der Waals surface area contributed by atoms with Crippen molar-refractivity contribution in [2.45, 2.75) is 30.7 Å². The van der Waals surface area contributed by atoms with Crippen molar-refractivity contribution in [3.05, 3.63) is 35.8 Å². The van der Waals surface area contributed by atoms with Crippen LogP contribution in [0.2, 0.25) is 0 Å². The molecule has 0 radical (unpaired) electrons. The van der Waals surface area contributed by atoms with Crippen molar-refractivity contribution in [2.24, 2.45) is 5.92 Å². The van der Waals surface area contributed by atoms with E-state index in [-0.39, 0.29) is 35.7 Å². The van der Waals surface area contributed by atoms with Crippen LogP contribution in [0.4, 0.5) is 5.13 Å². The van der Waals surface area contributed by atoms with Gasteiger partial charge in [0.1, 0.15) is 11.8 Å². The molecule has 162 valence electrons. The van der Waals surface area contributed by atoms with Crippen molar-refractivity contribution < 1.29 is 22.7 Å². The van der Waals surface area contributed by atoms with Gasteiger partial charge in [0.25, 0.3) is 0 Å². The van der Waals surface area contributed by atoms with Crippen LogP contribution >= 0.6 is 11.3 Å². The Balaban J connectivity index is 1.52. The summed E-state index contributed by atoms with van der Waals surface area (Å²) < 4.78 is 32.1. The smallest absolute Gasteiger partial charge is 0.248 e. The van der Waals surface area contributed by atoms with Gasteiger partial charge in [-0.05, 0) is 44.0 Å². The van der Waals surface area contributed by atoms with Gasteiger partial charge in [-0.3, -0.25) is 9.59 Å². The summed E-state index contributed by atoms with van der Waals surface area (Å²) in [5.41, 5.74) is 0. The van der Waals surface area contributed by atoms with Crippen LogP contribution in [0.3, 0.4) is 0 Å². The van der Waals surface area contributed by atoms with Crippen LogP contribution in [-0.4, -0.2) is 55.8 Å². The SMILES string of the molecule is COc1ccc(S(=O)(=O)N2CCC(C(=O)N[C@@H](C)C(=O)Nc3nccs3)CC2)cc1. The van der Waals surface area contributed by atoms with Crippen LogP contribution in [-0.2, 0) is 19.6 Å². The third kappa shape index (κ3) is 5.15. The summed E-state index contributed by atoms with van der Waals surface area (Å²) in [6, 6.07) is 5.50. The van der Waals surface area contributed by atoms with Gasteiger partial charge in [0.05, 0.1) is 12.0 Å². The van der Waals surface area contributed by atoms with E-state index in [0.717, 1.165) is 0 Å². The highest BCUT2D eigenvalue weighted by Crippen LogP contribution is 2.25. The lowest BCUT2D eigenvalue weighted by Crippen LogP contribution is -2.47. The maximum Gasteiger partial charge on any atom is 0.248 e. The molecule has 0 unspecified atom stereocenters. The predicted molar refractivity (Wildman–Crippen MR) is 113 cm³/mol. The van der Waals surface area contributed by atoms with E-state index < -0.39 is 16.1 Å². The molecule has 1 aromatic heterocycles. The number of sulfonamides is 1. The van der Waals surface area contributed by atoms with E-state index in [1.54, 1.807) is 30.6 Å². The van der Waals surface area contributed by atoms with Crippen molar-refractivity contribution in [3.8, 4) is 5.75 Å². The maximum atomic E-state index is 12.8. The zero-order chi connectivity index (χ0) is 21.7. The molecule has 2 amide bonds. The molecule has 1 aliphatic heterocycles. The summed E-state index contributed by atoms with van der Waals surface area (Å²) in [5.74, 6) is -0.365. The number of aromatic nitrogens is 1. The van der Waals surface area contributed by atoms with Gasteiger partial charge in [0.15, 0.2) is 5.13 Å². The summed E-state index contributed by atoms with van der Waals surface area (Å²) >= 11 is 1.29. The lowest BCUT2D eigenvalue weighted by Gasteiger charge is -2.31. The minimum atomic E-state index is -3.63. The van der Waals surface area contributed by atoms with Gasteiger partial charge in [-0.1, -0.05) is 0 Å². The van der Waals surface area contributed by atoms with Crippen molar-refractivity contribution in [1.29, 1.82) is 0 Å². The lowest BCUT2D eigenvalue weighted by molar-refractivity contribution is -0.129. The fourth-order valence-corrected chi connectivity index (χ4v) is 5.15. The van der Waals surface area contributed by atoms with Gasteiger partial charge in [0, 0.05) is 30.6 Å². The van der Waals surface area contributed by atoms with Crippen LogP contribution in [0.1, 0.15) is 19.8 Å². The highest BCUT2D eigenvalue weighted by molar-refractivity contribution is 7.89. The number of thiazole rings is 1. The molecule has 1 atom stereocenters. The summed E-state index contributed by atoms with van der Waals surface area (Å²) in [7, 11) is -2.11. The van der Waals surface area contributed by atoms with Crippen molar-refractivity contribution in [1.82, 2.24) is 14.6 Å². The zero-order valence-electron chi connectivity index (χ0n) is 16.7. The average Bonchev–Trinajstić information content (AvgIpc) is 3.26. The van der Waals surface area contributed by atoms with E-state index in [4.69, 9.17) is 4.74 Å². The predicted octanol–water partition coefficient (Wildman–Crippen LogP) is 1.70. The topological polar surface area (TPSA) is 118 Å². The van der Waals surface area contributed by atoms with Crippen LogP contribution in [0.15, 0.2) is 40.7 Å². The number of rotatable bonds is 7. The second-order valence-electron chi connectivity index (χ2n) is 6.91. The molecule has 1 aromatic carbocycles. The van der Waals surface area contributed by atoms with Crippen molar-refractivity contribution in [2.75, 3.05) is 25.5 Å². The third-order valence-electron chi connectivity index (χ3n) is 4.94. The first-order valence-electron chi connectivity index (χ1n) is 9.46. The van der Waals surface area contributed by atoms with Crippen molar-refractivity contribution >= 4 is 38.3 Å². The molecule has 1 aliphatic rings. The number of hydrogen-bond donors (Lipinski definition) is 2. The highest BCUT2D eigenvalue weighted by Gasteiger charge is 2.33. The molecule has 0 aliphatic carbocycles. The Morgan fingerprint density at radius 2 is 1.90 bits per heavy atom. The van der Waals surface area contributed by atoms with Gasteiger partial charge in [0.2, 0.25) is 21.8 Å². The Morgan fingerprint density at radius 1 is 1.23 bits per heavy atom. The summed E-state index contributed by atoms with van der Waals surface area (Å²) in [4.78, 5) is 28.9. The van der Waals surface area contributed by atoms with Crippen LogP contribution in [0.25, 0.3) is 0 Å². The molecular weight excluding hydrogens is 428 g/mol. The van der Waals surface area contributed by atoms with Gasteiger partial charge >= 0.3 is 0 Å². The van der Waals surface area contributed by atoms with E-state index in [0.29, 0.717) is 23.7 Å². The standard InChI is InChI=1S/C19H24N4O5S2/c1-13(17(24)22-19-20-9-12-29-19)21-18(25)14-7-10-23(11-8-14)30(26,27)16-5-3-15(28-2)4-6-16/h3-6,9,12-14H,7-8,10-11H2,1-2H3,(H,21,25)(H,20,22,24)/t13-/m0/s1. The number of amides is 2. The van der Waals surface area contributed by atoms with E-state index in [9.17, 15) is 18.0 Å². The Kier molecular flexibility index (Phi) is 7.06. The largest absolute Gasteiger partial charge is 0.497 e. The number of carbonyl (C=O) groups is 2. The number of nitrogens with zero attached hydrogens (tertiary/aromatic N) is 2. The van der Waals surface area contributed by atoms with Gasteiger partial charge in [-0.2, -0.15) is 4.31 Å². The molecule has 3 rings (SSSR count). The van der Waals surface area contributed by atoms with E-state index in [2.05, 4.69) is 15.6 Å². The second-order valence-corrected chi connectivity index (χ2v) is 9.74. The molecule has 30 heavy (non-hydrogen) atoms. The number of hydrogen-bond acceptors (Lipinski definition) is 7. The first kappa shape index (κ1) is 22.2. The lowest BCUT2D eigenvalue weighted by atomic mass is 9.97. The Hall–Kier alpha value is -2.50. The molecule has 9 nitrogen and oxygen atoms in total. The maximum absolute atomic E-state index is 12.8. The number of benzene rings is 1. The average molecular weight is 453 g/mol. The van der Waals surface area contributed by atoms with E-state index >= 15 is 0 Å². The molecule has 0 bridgehead atoms. The zero-order valence-corrected chi connectivity index (χ0v) is 18.3. The van der Waals surface area contributed by atoms with Gasteiger partial charge in [-0.15, -0.1) is 11.3 Å². The molecule has 0 saturated carbocycles. The third-order valence-corrected chi connectivity index (χ3v) is 7.54. The fourth-order valence-electron chi connectivity index (χ4n) is 3.15. The molecule has 1 fully saturated rings. The monoisotopic (exact) mass is 452 g/mol. The number of nitrogens with one attached hydrogen (secondary N) is 2. The van der Waals surface area contributed by atoms with Crippen LogP contribution < -0.4 is 15.4 Å². The van der Waals surface area contributed by atoms with Gasteiger partial charge < -0.3 is 15.4 Å². The van der Waals surface area contributed by atoms with Crippen LogP contribution in [0, 0.1) is 5.92 Å². The quantitative estimate of drug-likeness (QED) is 0.660.